The van der Waals surface area contributed by atoms with Crippen LogP contribution in [0.4, 0.5) is 0 Å². The molecule has 2 aliphatic rings. The molecule has 2 aliphatic heterocycles. The van der Waals surface area contributed by atoms with E-state index in [1.54, 1.807) is 7.11 Å². The predicted octanol–water partition coefficient (Wildman–Crippen LogP) is 5.88. The van der Waals surface area contributed by atoms with Crippen LogP contribution in [0.25, 0.3) is 6.08 Å². The number of rotatable bonds is 6. The Kier molecular flexibility index (Phi) is 7.60. The lowest BCUT2D eigenvalue weighted by Gasteiger charge is -2.47. The lowest BCUT2D eigenvalue weighted by molar-refractivity contribution is -0.148. The maximum absolute atomic E-state index is 13.6. The van der Waals surface area contributed by atoms with Gasteiger partial charge in [-0.1, -0.05) is 12.1 Å². The zero-order valence-electron chi connectivity index (χ0n) is 22.8. The van der Waals surface area contributed by atoms with E-state index >= 15 is 0 Å². The van der Waals surface area contributed by atoms with Crippen molar-refractivity contribution in [3.63, 3.8) is 0 Å². The highest BCUT2D eigenvalue weighted by Crippen LogP contribution is 2.37. The normalized spacial score (nSPS) is 24.4. The first-order valence-electron chi connectivity index (χ1n) is 12.7. The molecule has 5 nitrogen and oxygen atoms in total. The number of esters is 1. The van der Waals surface area contributed by atoms with Gasteiger partial charge in [0, 0.05) is 40.6 Å². The quantitative estimate of drug-likeness (QED) is 0.402. The number of nitrogens with one attached hydrogen (secondary N) is 2. The fourth-order valence-electron chi connectivity index (χ4n) is 6.63. The molecule has 3 rings (SSSR count). The molecule has 0 atom stereocenters. The van der Waals surface area contributed by atoms with Crippen LogP contribution in [0.3, 0.4) is 0 Å². The molecule has 2 heterocycles. The van der Waals surface area contributed by atoms with Crippen LogP contribution >= 0.6 is 0 Å². The van der Waals surface area contributed by atoms with Crippen LogP contribution in [0.15, 0.2) is 29.8 Å². The molecule has 0 aromatic heterocycles. The highest BCUT2D eigenvalue weighted by Gasteiger charge is 2.41. The molecule has 0 aliphatic carbocycles. The number of piperidine rings is 2. The van der Waals surface area contributed by atoms with Crippen molar-refractivity contribution in [3.8, 4) is 5.75 Å². The van der Waals surface area contributed by atoms with E-state index in [0.717, 1.165) is 49.0 Å². The van der Waals surface area contributed by atoms with Crippen LogP contribution in [0.2, 0.25) is 0 Å². The summed E-state index contributed by atoms with van der Waals surface area (Å²) in [6.45, 7) is 17.8. The van der Waals surface area contributed by atoms with Crippen LogP contribution < -0.4 is 15.4 Å². The molecule has 0 spiro atoms. The molecule has 1 aromatic rings. The average Bonchev–Trinajstić information content (AvgIpc) is 2.63. The summed E-state index contributed by atoms with van der Waals surface area (Å²) >= 11 is 0. The molecule has 0 saturated carbocycles. The Morgan fingerprint density at radius 2 is 1.32 bits per heavy atom. The maximum Gasteiger partial charge on any atom is 0.334 e. The molecule has 190 valence electrons. The second-order valence-electron chi connectivity index (χ2n) is 13.1. The van der Waals surface area contributed by atoms with E-state index in [-0.39, 0.29) is 34.2 Å². The fourth-order valence-corrected chi connectivity index (χ4v) is 6.63. The van der Waals surface area contributed by atoms with Gasteiger partial charge < -0.3 is 20.1 Å². The van der Waals surface area contributed by atoms with Crippen LogP contribution in [0.1, 0.15) is 93.1 Å². The summed E-state index contributed by atoms with van der Waals surface area (Å²) in [5.74, 6) is 1.04. The summed E-state index contributed by atoms with van der Waals surface area (Å²) < 4.78 is 11.5. The van der Waals surface area contributed by atoms with Gasteiger partial charge in [-0.25, -0.2) is 4.79 Å². The summed E-state index contributed by atoms with van der Waals surface area (Å²) in [6, 6.07) is 7.87. The van der Waals surface area contributed by atoms with Gasteiger partial charge in [-0.3, -0.25) is 0 Å². The van der Waals surface area contributed by atoms with Gasteiger partial charge in [-0.15, -0.1) is 0 Å². The zero-order valence-corrected chi connectivity index (χ0v) is 22.8. The minimum Gasteiger partial charge on any atom is -0.497 e. The molecule has 1 aromatic carbocycles. The molecule has 0 unspecified atom stereocenters. The van der Waals surface area contributed by atoms with Crippen LogP contribution in [0.5, 0.6) is 5.75 Å². The summed E-state index contributed by atoms with van der Waals surface area (Å²) in [6.07, 6.45) is 6.31. The molecule has 0 bridgehead atoms. The number of carbonyl (C=O) groups is 1. The van der Waals surface area contributed by atoms with E-state index in [2.05, 4.69) is 66.0 Å². The number of carbonyl (C=O) groups excluding carboxylic acids is 1. The number of methoxy groups -OCH3 is 1. The third kappa shape index (κ3) is 7.58. The molecule has 0 radical (unpaired) electrons. The predicted molar refractivity (Wildman–Crippen MR) is 140 cm³/mol. The fraction of sp³-hybridized carbons (Fsp3) is 0.690. The van der Waals surface area contributed by atoms with Gasteiger partial charge in [-0.05, 0) is 104 Å². The third-order valence-electron chi connectivity index (χ3n) is 6.93. The molecule has 2 saturated heterocycles. The summed E-state index contributed by atoms with van der Waals surface area (Å²) in [5.41, 5.74) is 1.67. The maximum atomic E-state index is 13.6. The third-order valence-corrected chi connectivity index (χ3v) is 6.93. The minimum absolute atomic E-state index is 0.0324. The second kappa shape index (κ2) is 9.66. The van der Waals surface area contributed by atoms with Crippen molar-refractivity contribution < 1.29 is 14.3 Å². The number of hydrogen-bond donors (Lipinski definition) is 2. The Labute approximate surface area is 207 Å². The first-order valence-corrected chi connectivity index (χ1v) is 12.7. The van der Waals surface area contributed by atoms with Gasteiger partial charge >= 0.3 is 5.97 Å². The molecular weight excluding hydrogens is 424 g/mol. The van der Waals surface area contributed by atoms with Crippen LogP contribution in [-0.2, 0) is 9.53 Å². The van der Waals surface area contributed by atoms with E-state index in [1.807, 2.05) is 30.3 Å². The Morgan fingerprint density at radius 3 is 1.79 bits per heavy atom. The van der Waals surface area contributed by atoms with E-state index < -0.39 is 0 Å². The zero-order chi connectivity index (χ0) is 25.4. The Morgan fingerprint density at radius 1 is 0.853 bits per heavy atom. The molecule has 0 amide bonds. The van der Waals surface area contributed by atoms with Crippen molar-refractivity contribution in [1.82, 2.24) is 10.6 Å². The van der Waals surface area contributed by atoms with Crippen molar-refractivity contribution in [2.75, 3.05) is 7.11 Å². The molecule has 2 fully saturated rings. The highest BCUT2D eigenvalue weighted by atomic mass is 16.5. The van der Waals surface area contributed by atoms with Gasteiger partial charge in [0.25, 0.3) is 0 Å². The van der Waals surface area contributed by atoms with Crippen molar-refractivity contribution in [2.24, 2.45) is 5.92 Å². The lowest BCUT2D eigenvalue weighted by atomic mass is 9.73. The SMILES string of the molecule is COc1ccc(/C=C(/CC2CC(C)(C)NC(C)(C)C2)C(=O)OC2CC(C)(C)NC(C)(C)C2)cc1. The van der Waals surface area contributed by atoms with Gasteiger partial charge in [0.05, 0.1) is 7.11 Å². The first-order chi connectivity index (χ1) is 15.6. The smallest absolute Gasteiger partial charge is 0.334 e. The number of benzene rings is 1. The Hall–Kier alpha value is -1.85. The Balaban J connectivity index is 1.85. The van der Waals surface area contributed by atoms with E-state index in [9.17, 15) is 4.79 Å². The van der Waals surface area contributed by atoms with Gasteiger partial charge in [-0.2, -0.15) is 0 Å². The Bertz CT molecular complexity index is 864. The molecule has 5 heteroatoms. The lowest BCUT2D eigenvalue weighted by Crippen LogP contribution is -2.59. The van der Waals surface area contributed by atoms with Crippen LogP contribution in [-0.4, -0.2) is 41.3 Å². The van der Waals surface area contributed by atoms with Crippen molar-refractivity contribution in [1.29, 1.82) is 0 Å². The minimum atomic E-state index is -0.177. The van der Waals surface area contributed by atoms with Gasteiger partial charge in [0.2, 0.25) is 0 Å². The monoisotopic (exact) mass is 470 g/mol. The summed E-state index contributed by atoms with van der Waals surface area (Å²) in [4.78, 5) is 13.6. The largest absolute Gasteiger partial charge is 0.497 e. The summed E-state index contributed by atoms with van der Waals surface area (Å²) in [5, 5.41) is 7.43. The van der Waals surface area contributed by atoms with E-state index in [4.69, 9.17) is 9.47 Å². The van der Waals surface area contributed by atoms with Crippen molar-refractivity contribution in [3.05, 3.63) is 35.4 Å². The van der Waals surface area contributed by atoms with Gasteiger partial charge in [0.1, 0.15) is 11.9 Å². The second-order valence-corrected chi connectivity index (χ2v) is 13.1. The standard InChI is InChI=1S/C29H46N2O3/c1-26(2)16-21(17-27(3,4)30-26)15-22(14-20-10-12-23(33-9)13-11-20)25(32)34-24-18-28(5,6)31-29(7,8)19-24/h10-14,21,24,30-31H,15-19H2,1-9H3/b22-14-. The average molecular weight is 471 g/mol. The van der Waals surface area contributed by atoms with Crippen molar-refractivity contribution >= 4 is 12.0 Å². The van der Waals surface area contributed by atoms with Crippen LogP contribution in [0, 0.1) is 5.92 Å². The summed E-state index contributed by atoms with van der Waals surface area (Å²) in [7, 11) is 1.66. The van der Waals surface area contributed by atoms with Gasteiger partial charge in [0.15, 0.2) is 0 Å². The number of hydrogen-bond acceptors (Lipinski definition) is 5. The first kappa shape index (κ1) is 26.7. The highest BCUT2D eigenvalue weighted by molar-refractivity contribution is 5.93. The molecule has 2 N–H and O–H groups in total. The van der Waals surface area contributed by atoms with Crippen molar-refractivity contribution in [2.45, 2.75) is 116 Å². The molecule has 34 heavy (non-hydrogen) atoms. The molecular formula is C29H46N2O3. The number of ether oxygens (including phenoxy) is 2. The van der Waals surface area contributed by atoms with E-state index in [1.165, 1.54) is 0 Å². The topological polar surface area (TPSA) is 59.6 Å². The van der Waals surface area contributed by atoms with E-state index in [0.29, 0.717) is 5.92 Å².